The van der Waals surface area contributed by atoms with Crippen LogP contribution in [-0.2, 0) is 13.6 Å². The largest absolute Gasteiger partial charge is 0.513 e. The Hall–Kier alpha value is 0.0800. The number of hydrogen-bond donors (Lipinski definition) is 0. The summed E-state index contributed by atoms with van der Waals surface area (Å²) in [6.07, 6.45) is 0.326. The fourth-order valence-corrected chi connectivity index (χ4v) is 2.57. The van der Waals surface area contributed by atoms with Crippen LogP contribution in [0.5, 0.6) is 0 Å². The summed E-state index contributed by atoms with van der Waals surface area (Å²) in [5.41, 5.74) is -0.255. The van der Waals surface area contributed by atoms with Crippen LogP contribution in [0.3, 0.4) is 0 Å². The molecule has 0 aromatic rings. The SMILES string of the molecule is CCC1OP(=O)(F)OCC1(C)C. The van der Waals surface area contributed by atoms with E-state index in [0.717, 1.165) is 0 Å². The lowest BCUT2D eigenvalue weighted by Crippen LogP contribution is -2.38. The summed E-state index contributed by atoms with van der Waals surface area (Å²) in [7, 11) is -4.24. The third kappa shape index (κ3) is 2.06. The van der Waals surface area contributed by atoms with Gasteiger partial charge in [0, 0.05) is 5.41 Å². The van der Waals surface area contributed by atoms with Crippen LogP contribution >= 0.6 is 7.91 Å². The summed E-state index contributed by atoms with van der Waals surface area (Å²) >= 11 is 0. The van der Waals surface area contributed by atoms with Crippen LogP contribution in [0.1, 0.15) is 27.2 Å². The van der Waals surface area contributed by atoms with Gasteiger partial charge in [0.2, 0.25) is 0 Å². The van der Waals surface area contributed by atoms with Gasteiger partial charge < -0.3 is 0 Å². The van der Waals surface area contributed by atoms with E-state index in [1.807, 2.05) is 20.8 Å². The molecule has 0 saturated carbocycles. The van der Waals surface area contributed by atoms with Gasteiger partial charge in [-0.2, -0.15) is 0 Å². The quantitative estimate of drug-likeness (QED) is 0.605. The van der Waals surface area contributed by atoms with Gasteiger partial charge in [0.15, 0.2) is 0 Å². The van der Waals surface area contributed by atoms with Crippen molar-refractivity contribution < 1.29 is 17.8 Å². The van der Waals surface area contributed by atoms with Crippen LogP contribution < -0.4 is 0 Å². The molecule has 0 N–H and O–H groups in total. The Kier molecular flexibility index (Phi) is 2.62. The highest BCUT2D eigenvalue weighted by atomic mass is 31.2. The molecule has 1 aliphatic rings. The number of rotatable bonds is 1. The summed E-state index contributed by atoms with van der Waals surface area (Å²) in [6, 6.07) is 0. The van der Waals surface area contributed by atoms with Crippen LogP contribution in [0.15, 0.2) is 0 Å². The predicted molar refractivity (Wildman–Crippen MR) is 43.6 cm³/mol. The van der Waals surface area contributed by atoms with Gasteiger partial charge in [0.25, 0.3) is 0 Å². The molecule has 0 aromatic heterocycles. The molecule has 12 heavy (non-hydrogen) atoms. The van der Waals surface area contributed by atoms with Crippen LogP contribution in [-0.4, -0.2) is 12.7 Å². The normalized spacial score (nSPS) is 41.2. The third-order valence-corrected chi connectivity index (χ3v) is 3.03. The highest BCUT2D eigenvalue weighted by Gasteiger charge is 2.43. The van der Waals surface area contributed by atoms with Crippen molar-refractivity contribution in [3.05, 3.63) is 0 Å². The van der Waals surface area contributed by atoms with Crippen LogP contribution in [0, 0.1) is 5.41 Å². The smallest absolute Gasteiger partial charge is 0.283 e. The Balaban J connectivity index is 2.73. The van der Waals surface area contributed by atoms with Crippen LogP contribution in [0.2, 0.25) is 0 Å². The van der Waals surface area contributed by atoms with Crippen molar-refractivity contribution in [2.75, 3.05) is 6.61 Å². The van der Waals surface area contributed by atoms with E-state index in [2.05, 4.69) is 4.52 Å². The monoisotopic (exact) mass is 196 g/mol. The minimum Gasteiger partial charge on any atom is -0.283 e. The molecule has 1 saturated heterocycles. The first kappa shape index (κ1) is 10.2. The Morgan fingerprint density at radius 3 is 2.67 bits per heavy atom. The molecule has 0 aromatic carbocycles. The second-order valence-corrected chi connectivity index (χ2v) is 5.03. The Labute approximate surface area is 71.9 Å². The zero-order valence-electron chi connectivity index (χ0n) is 7.54. The van der Waals surface area contributed by atoms with Crippen molar-refractivity contribution in [1.29, 1.82) is 0 Å². The average molecular weight is 196 g/mol. The van der Waals surface area contributed by atoms with Gasteiger partial charge in [-0.05, 0) is 6.42 Å². The molecule has 72 valence electrons. The average Bonchev–Trinajstić information content (AvgIpc) is 1.95. The van der Waals surface area contributed by atoms with Gasteiger partial charge in [0.05, 0.1) is 12.7 Å². The van der Waals surface area contributed by atoms with E-state index >= 15 is 0 Å². The molecule has 3 nitrogen and oxygen atoms in total. The summed E-state index contributed by atoms with van der Waals surface area (Å²) in [5.74, 6) is 0. The van der Waals surface area contributed by atoms with Crippen molar-refractivity contribution in [1.82, 2.24) is 0 Å². The molecule has 0 spiro atoms. The fourth-order valence-electron chi connectivity index (χ4n) is 1.29. The number of hydrogen-bond acceptors (Lipinski definition) is 3. The molecule has 0 aliphatic carbocycles. The molecular weight excluding hydrogens is 182 g/mol. The maximum atomic E-state index is 12.8. The summed E-state index contributed by atoms with van der Waals surface area (Å²) in [5, 5.41) is 0. The van der Waals surface area contributed by atoms with E-state index in [4.69, 9.17) is 4.52 Å². The molecular formula is C7H14FO3P. The zero-order chi connectivity index (χ0) is 9.41. The molecule has 5 heteroatoms. The minimum absolute atomic E-state index is 0.152. The van der Waals surface area contributed by atoms with Gasteiger partial charge in [-0.15, -0.1) is 4.20 Å². The maximum absolute atomic E-state index is 12.8. The molecule has 0 radical (unpaired) electrons. The molecule has 2 atom stereocenters. The topological polar surface area (TPSA) is 35.5 Å². The lowest BCUT2D eigenvalue weighted by molar-refractivity contribution is -0.0380. The van der Waals surface area contributed by atoms with Gasteiger partial charge in [-0.3, -0.25) is 9.05 Å². The third-order valence-electron chi connectivity index (χ3n) is 2.09. The first-order chi connectivity index (χ1) is 5.37. The summed E-state index contributed by atoms with van der Waals surface area (Å²) in [4.78, 5) is 0. The Morgan fingerprint density at radius 2 is 2.25 bits per heavy atom. The van der Waals surface area contributed by atoms with Crippen molar-refractivity contribution in [2.24, 2.45) is 5.41 Å². The minimum atomic E-state index is -4.24. The van der Waals surface area contributed by atoms with Gasteiger partial charge in [0.1, 0.15) is 0 Å². The fraction of sp³-hybridized carbons (Fsp3) is 1.00. The van der Waals surface area contributed by atoms with Crippen molar-refractivity contribution in [3.63, 3.8) is 0 Å². The van der Waals surface area contributed by atoms with Gasteiger partial charge >= 0.3 is 7.91 Å². The van der Waals surface area contributed by atoms with Crippen LogP contribution in [0.4, 0.5) is 4.20 Å². The predicted octanol–water partition coefficient (Wildman–Crippen LogP) is 2.92. The van der Waals surface area contributed by atoms with Gasteiger partial charge in [-0.1, -0.05) is 20.8 Å². The highest BCUT2D eigenvalue weighted by molar-refractivity contribution is 7.48. The van der Waals surface area contributed by atoms with E-state index in [1.165, 1.54) is 0 Å². The molecule has 0 amide bonds. The standard InChI is InChI=1S/C7H14FO3P/c1-4-6-7(2,3)5-10-12(8,9)11-6/h6H,4-5H2,1-3H3. The second-order valence-electron chi connectivity index (χ2n) is 3.69. The molecule has 2 unspecified atom stereocenters. The first-order valence-electron chi connectivity index (χ1n) is 4.00. The van der Waals surface area contributed by atoms with Crippen molar-refractivity contribution in [2.45, 2.75) is 33.3 Å². The van der Waals surface area contributed by atoms with E-state index in [0.29, 0.717) is 6.42 Å². The Bertz CT molecular complexity index is 217. The number of halogens is 1. The summed E-state index contributed by atoms with van der Waals surface area (Å²) in [6.45, 7) is 5.83. The zero-order valence-corrected chi connectivity index (χ0v) is 8.44. The maximum Gasteiger partial charge on any atom is 0.513 e. The Morgan fingerprint density at radius 1 is 1.67 bits per heavy atom. The van der Waals surface area contributed by atoms with Gasteiger partial charge in [-0.25, -0.2) is 4.57 Å². The van der Waals surface area contributed by atoms with Crippen molar-refractivity contribution in [3.8, 4) is 0 Å². The molecule has 1 aliphatic heterocycles. The molecule has 1 fully saturated rings. The molecule has 0 bridgehead atoms. The van der Waals surface area contributed by atoms with E-state index in [9.17, 15) is 8.76 Å². The summed E-state index contributed by atoms with van der Waals surface area (Å²) < 4.78 is 32.7. The second kappa shape index (κ2) is 3.09. The highest BCUT2D eigenvalue weighted by Crippen LogP contribution is 2.57. The lowest BCUT2D eigenvalue weighted by Gasteiger charge is -2.37. The molecule has 1 rings (SSSR count). The van der Waals surface area contributed by atoms with E-state index in [-0.39, 0.29) is 18.1 Å². The van der Waals surface area contributed by atoms with E-state index < -0.39 is 7.91 Å². The van der Waals surface area contributed by atoms with Crippen molar-refractivity contribution >= 4 is 7.91 Å². The molecule has 1 heterocycles. The van der Waals surface area contributed by atoms with E-state index in [1.54, 1.807) is 0 Å². The van der Waals surface area contributed by atoms with Crippen LogP contribution in [0.25, 0.3) is 0 Å². The first-order valence-corrected chi connectivity index (χ1v) is 5.43. The lowest BCUT2D eigenvalue weighted by atomic mass is 9.86.